The van der Waals surface area contributed by atoms with Crippen LogP contribution in [0.5, 0.6) is 0 Å². The van der Waals surface area contributed by atoms with Crippen LogP contribution in [0, 0.1) is 0 Å². The SMILES string of the molecule is CN(c1ccccc1)c1ncc(C(=O)NC2CCS(=O)(=O)C2)cn1. The van der Waals surface area contributed by atoms with Gasteiger partial charge in [-0.2, -0.15) is 0 Å². The standard InChI is InChI=1S/C16H18N4O3S/c1-20(14-5-3-2-4-6-14)16-17-9-12(10-18-16)15(21)19-13-7-8-24(22,23)11-13/h2-6,9-10,13H,7-8,11H2,1H3,(H,19,21). The molecular weight excluding hydrogens is 328 g/mol. The van der Waals surface area contributed by atoms with Crippen molar-refractivity contribution >= 4 is 27.4 Å². The van der Waals surface area contributed by atoms with E-state index in [-0.39, 0.29) is 23.5 Å². The number of nitrogens with one attached hydrogen (secondary N) is 1. The van der Waals surface area contributed by atoms with Crippen LogP contribution >= 0.6 is 0 Å². The maximum atomic E-state index is 12.2. The minimum Gasteiger partial charge on any atom is -0.348 e. The van der Waals surface area contributed by atoms with Crippen LogP contribution in [0.1, 0.15) is 16.8 Å². The third kappa shape index (κ3) is 3.70. The molecule has 1 fully saturated rings. The Morgan fingerprint density at radius 3 is 2.46 bits per heavy atom. The summed E-state index contributed by atoms with van der Waals surface area (Å²) in [5.41, 5.74) is 1.25. The van der Waals surface area contributed by atoms with Gasteiger partial charge in [-0.15, -0.1) is 0 Å². The number of anilines is 2. The first-order valence-corrected chi connectivity index (χ1v) is 9.39. The third-order valence-electron chi connectivity index (χ3n) is 3.91. The van der Waals surface area contributed by atoms with Crippen LogP contribution in [0.15, 0.2) is 42.7 Å². The van der Waals surface area contributed by atoms with Crippen LogP contribution in [0.25, 0.3) is 0 Å². The van der Waals surface area contributed by atoms with Gasteiger partial charge in [-0.25, -0.2) is 18.4 Å². The van der Waals surface area contributed by atoms with E-state index in [1.165, 1.54) is 12.4 Å². The second-order valence-corrected chi connectivity index (χ2v) is 7.97. The average Bonchev–Trinajstić information content (AvgIpc) is 2.93. The fraction of sp³-hybridized carbons (Fsp3) is 0.312. The molecule has 2 heterocycles. The fourth-order valence-corrected chi connectivity index (χ4v) is 4.23. The van der Waals surface area contributed by atoms with Gasteiger partial charge in [0.25, 0.3) is 5.91 Å². The Bertz CT molecular complexity index is 822. The number of sulfone groups is 1. The van der Waals surface area contributed by atoms with Crippen molar-refractivity contribution in [1.82, 2.24) is 15.3 Å². The van der Waals surface area contributed by atoms with Crippen LogP contribution in [-0.4, -0.2) is 48.9 Å². The molecule has 24 heavy (non-hydrogen) atoms. The van der Waals surface area contributed by atoms with Gasteiger partial charge in [0.05, 0.1) is 17.1 Å². The molecule has 7 nitrogen and oxygen atoms in total. The van der Waals surface area contributed by atoms with Gasteiger partial charge in [0, 0.05) is 31.2 Å². The number of benzene rings is 1. The summed E-state index contributed by atoms with van der Waals surface area (Å²) in [6, 6.07) is 9.30. The predicted molar refractivity (Wildman–Crippen MR) is 91.1 cm³/mol. The summed E-state index contributed by atoms with van der Waals surface area (Å²) in [6.45, 7) is 0. The number of nitrogens with zero attached hydrogens (tertiary/aromatic N) is 3. The molecule has 8 heteroatoms. The van der Waals surface area contributed by atoms with Crippen molar-refractivity contribution in [3.63, 3.8) is 0 Å². The Balaban J connectivity index is 1.67. The van der Waals surface area contributed by atoms with Crippen molar-refractivity contribution in [2.75, 3.05) is 23.5 Å². The van der Waals surface area contributed by atoms with E-state index in [0.29, 0.717) is 17.9 Å². The van der Waals surface area contributed by atoms with Crippen molar-refractivity contribution < 1.29 is 13.2 Å². The number of aromatic nitrogens is 2. The summed E-state index contributed by atoms with van der Waals surface area (Å²) in [6.07, 6.45) is 3.34. The maximum Gasteiger partial charge on any atom is 0.254 e. The molecule has 2 aromatic rings. The monoisotopic (exact) mass is 346 g/mol. The Morgan fingerprint density at radius 2 is 1.88 bits per heavy atom. The molecule has 126 valence electrons. The maximum absolute atomic E-state index is 12.2. The van der Waals surface area contributed by atoms with E-state index in [1.807, 2.05) is 42.3 Å². The van der Waals surface area contributed by atoms with Crippen LogP contribution in [0.4, 0.5) is 11.6 Å². The molecule has 0 spiro atoms. The van der Waals surface area contributed by atoms with Gasteiger partial charge in [0.2, 0.25) is 5.95 Å². The second kappa shape index (κ2) is 6.56. The van der Waals surface area contributed by atoms with E-state index >= 15 is 0 Å². The number of para-hydroxylation sites is 1. The number of rotatable bonds is 4. The molecule has 0 saturated carbocycles. The minimum absolute atomic E-state index is 0.00553. The van der Waals surface area contributed by atoms with Crippen LogP contribution < -0.4 is 10.2 Å². The van der Waals surface area contributed by atoms with Crippen molar-refractivity contribution in [2.24, 2.45) is 0 Å². The molecule has 1 aliphatic rings. The van der Waals surface area contributed by atoms with E-state index < -0.39 is 9.84 Å². The van der Waals surface area contributed by atoms with Gasteiger partial charge in [-0.05, 0) is 18.6 Å². The van der Waals surface area contributed by atoms with Crippen molar-refractivity contribution in [1.29, 1.82) is 0 Å². The minimum atomic E-state index is -3.02. The molecule has 3 rings (SSSR count). The molecule has 1 aromatic carbocycles. The van der Waals surface area contributed by atoms with Crippen molar-refractivity contribution in [3.8, 4) is 0 Å². The lowest BCUT2D eigenvalue weighted by Crippen LogP contribution is -2.35. The zero-order valence-electron chi connectivity index (χ0n) is 13.2. The number of carbonyl (C=O) groups excluding carboxylic acids is 1. The molecule has 1 amide bonds. The highest BCUT2D eigenvalue weighted by Gasteiger charge is 2.29. The normalized spacial score (nSPS) is 19.0. The Morgan fingerprint density at radius 1 is 1.21 bits per heavy atom. The summed E-state index contributed by atoms with van der Waals surface area (Å²) < 4.78 is 22.9. The molecular formula is C16H18N4O3S. The number of hydrogen-bond donors (Lipinski definition) is 1. The largest absolute Gasteiger partial charge is 0.348 e. The summed E-state index contributed by atoms with van der Waals surface area (Å²) in [5.74, 6) is 0.233. The topological polar surface area (TPSA) is 92.3 Å². The highest BCUT2D eigenvalue weighted by atomic mass is 32.2. The molecule has 1 aliphatic heterocycles. The first kappa shape index (κ1) is 16.4. The number of hydrogen-bond acceptors (Lipinski definition) is 6. The first-order valence-electron chi connectivity index (χ1n) is 7.57. The molecule has 1 aromatic heterocycles. The lowest BCUT2D eigenvalue weighted by Gasteiger charge is -2.17. The molecule has 1 saturated heterocycles. The predicted octanol–water partition coefficient (Wildman–Crippen LogP) is 1.16. The van der Waals surface area contributed by atoms with Gasteiger partial charge >= 0.3 is 0 Å². The van der Waals surface area contributed by atoms with Gasteiger partial charge in [0.15, 0.2) is 9.84 Å². The molecule has 0 bridgehead atoms. The smallest absolute Gasteiger partial charge is 0.254 e. The Kier molecular flexibility index (Phi) is 4.48. The molecule has 0 radical (unpaired) electrons. The Labute approximate surface area is 140 Å². The molecule has 1 atom stereocenters. The van der Waals surface area contributed by atoms with E-state index in [1.54, 1.807) is 0 Å². The quantitative estimate of drug-likeness (QED) is 0.893. The lowest BCUT2D eigenvalue weighted by molar-refractivity contribution is 0.0940. The van der Waals surface area contributed by atoms with E-state index in [9.17, 15) is 13.2 Å². The lowest BCUT2D eigenvalue weighted by atomic mass is 10.2. The van der Waals surface area contributed by atoms with Gasteiger partial charge in [-0.1, -0.05) is 18.2 Å². The van der Waals surface area contributed by atoms with Crippen LogP contribution in [-0.2, 0) is 9.84 Å². The first-order chi connectivity index (χ1) is 11.4. The fourth-order valence-electron chi connectivity index (χ4n) is 2.56. The summed E-state index contributed by atoms with van der Waals surface area (Å²) in [5, 5.41) is 2.72. The third-order valence-corrected chi connectivity index (χ3v) is 5.68. The number of carbonyl (C=O) groups is 1. The van der Waals surface area contributed by atoms with Crippen molar-refractivity contribution in [2.45, 2.75) is 12.5 Å². The molecule has 0 aliphatic carbocycles. The van der Waals surface area contributed by atoms with Crippen LogP contribution in [0.2, 0.25) is 0 Å². The second-order valence-electron chi connectivity index (χ2n) is 5.74. The highest BCUT2D eigenvalue weighted by Crippen LogP contribution is 2.19. The summed E-state index contributed by atoms with van der Waals surface area (Å²) in [7, 11) is -1.18. The van der Waals surface area contributed by atoms with Gasteiger partial charge in [-0.3, -0.25) is 4.79 Å². The van der Waals surface area contributed by atoms with Crippen molar-refractivity contribution in [3.05, 3.63) is 48.3 Å². The average molecular weight is 346 g/mol. The zero-order chi connectivity index (χ0) is 17.2. The molecule has 1 N–H and O–H groups in total. The summed E-state index contributed by atoms with van der Waals surface area (Å²) in [4.78, 5) is 22.4. The zero-order valence-corrected chi connectivity index (χ0v) is 14.0. The van der Waals surface area contributed by atoms with E-state index in [4.69, 9.17) is 0 Å². The number of amides is 1. The van der Waals surface area contributed by atoms with Gasteiger partial charge < -0.3 is 10.2 Å². The highest BCUT2D eigenvalue weighted by molar-refractivity contribution is 7.91. The Hall–Kier alpha value is -2.48. The van der Waals surface area contributed by atoms with E-state index in [2.05, 4.69) is 15.3 Å². The van der Waals surface area contributed by atoms with Crippen LogP contribution in [0.3, 0.4) is 0 Å². The molecule has 1 unspecified atom stereocenters. The summed E-state index contributed by atoms with van der Waals surface area (Å²) >= 11 is 0. The van der Waals surface area contributed by atoms with Gasteiger partial charge in [0.1, 0.15) is 0 Å². The van der Waals surface area contributed by atoms with E-state index in [0.717, 1.165) is 5.69 Å².